The minimum absolute atomic E-state index is 0.0153. The van der Waals surface area contributed by atoms with Gasteiger partial charge in [0.1, 0.15) is 0 Å². The molecule has 2 amide bonds. The number of amides is 2. The van der Waals surface area contributed by atoms with Gasteiger partial charge in [-0.1, -0.05) is 35.2 Å². The van der Waals surface area contributed by atoms with Crippen molar-refractivity contribution in [2.75, 3.05) is 11.9 Å². The molecular formula is C21H29BrN2O4. The monoisotopic (exact) mass is 452 g/mol. The van der Waals surface area contributed by atoms with Gasteiger partial charge in [0.05, 0.1) is 0 Å². The number of carbonyl (C=O) groups excluding carboxylic acids is 3. The zero-order valence-corrected chi connectivity index (χ0v) is 18.2. The maximum Gasteiger partial charge on any atom is 0.306 e. The molecule has 1 aromatic carbocycles. The molecule has 0 heterocycles. The maximum atomic E-state index is 12.0. The Morgan fingerprint density at radius 2 is 1.75 bits per heavy atom. The van der Waals surface area contributed by atoms with Crippen LogP contribution in [0.15, 0.2) is 16.6 Å². The third kappa shape index (κ3) is 7.26. The summed E-state index contributed by atoms with van der Waals surface area (Å²) in [4.78, 5) is 35.7. The number of ether oxygens (including phenoxy) is 1. The minimum atomic E-state index is -0.468. The summed E-state index contributed by atoms with van der Waals surface area (Å²) >= 11 is 3.45. The van der Waals surface area contributed by atoms with E-state index in [4.69, 9.17) is 4.74 Å². The normalized spacial score (nSPS) is 14.4. The van der Waals surface area contributed by atoms with Crippen molar-refractivity contribution in [1.82, 2.24) is 5.32 Å². The summed E-state index contributed by atoms with van der Waals surface area (Å²) in [5, 5.41) is 5.78. The number of rotatable bonds is 8. The quantitative estimate of drug-likeness (QED) is 0.579. The average Bonchev–Trinajstić information content (AvgIpc) is 2.67. The van der Waals surface area contributed by atoms with Crippen molar-refractivity contribution >= 4 is 39.4 Å². The fourth-order valence-corrected chi connectivity index (χ4v) is 3.70. The molecule has 28 heavy (non-hydrogen) atoms. The van der Waals surface area contributed by atoms with E-state index in [9.17, 15) is 14.4 Å². The molecular weight excluding hydrogens is 424 g/mol. The van der Waals surface area contributed by atoms with Crippen LogP contribution in [0, 0.1) is 13.8 Å². The van der Waals surface area contributed by atoms with Gasteiger partial charge in [-0.05, 0) is 56.4 Å². The van der Waals surface area contributed by atoms with Gasteiger partial charge in [-0.25, -0.2) is 0 Å². The Labute approximate surface area is 174 Å². The van der Waals surface area contributed by atoms with E-state index in [0.29, 0.717) is 18.5 Å². The molecule has 0 bridgehead atoms. The van der Waals surface area contributed by atoms with Gasteiger partial charge in [0.2, 0.25) is 5.91 Å². The molecule has 0 aromatic heterocycles. The first-order valence-electron chi connectivity index (χ1n) is 9.87. The van der Waals surface area contributed by atoms with Crippen molar-refractivity contribution in [2.45, 2.75) is 71.3 Å². The topological polar surface area (TPSA) is 84.5 Å². The first-order chi connectivity index (χ1) is 13.4. The SMILES string of the molecule is Cc1c(Br)ccc(NC(=O)COC(=O)CCCC(=O)NC2CCCCC2)c1C. The molecule has 1 aliphatic carbocycles. The highest BCUT2D eigenvalue weighted by atomic mass is 79.9. The van der Waals surface area contributed by atoms with E-state index >= 15 is 0 Å². The van der Waals surface area contributed by atoms with Gasteiger partial charge >= 0.3 is 5.97 Å². The highest BCUT2D eigenvalue weighted by Gasteiger charge is 2.16. The lowest BCUT2D eigenvalue weighted by Gasteiger charge is -2.22. The van der Waals surface area contributed by atoms with Crippen molar-refractivity contribution in [3.8, 4) is 0 Å². The molecule has 154 valence electrons. The van der Waals surface area contributed by atoms with Crippen LogP contribution in [0.5, 0.6) is 0 Å². The Morgan fingerprint density at radius 1 is 1.04 bits per heavy atom. The third-order valence-corrected chi connectivity index (χ3v) is 5.97. The summed E-state index contributed by atoms with van der Waals surface area (Å²) in [6.07, 6.45) is 6.51. The highest BCUT2D eigenvalue weighted by molar-refractivity contribution is 9.10. The Hall–Kier alpha value is -1.89. The third-order valence-electron chi connectivity index (χ3n) is 5.11. The molecule has 7 heteroatoms. The van der Waals surface area contributed by atoms with E-state index in [1.54, 1.807) is 6.07 Å². The van der Waals surface area contributed by atoms with Gasteiger partial charge < -0.3 is 15.4 Å². The van der Waals surface area contributed by atoms with Crippen molar-refractivity contribution in [2.24, 2.45) is 0 Å². The van der Waals surface area contributed by atoms with Crippen LogP contribution in [0.3, 0.4) is 0 Å². The van der Waals surface area contributed by atoms with E-state index in [-0.39, 0.29) is 30.9 Å². The van der Waals surface area contributed by atoms with Crippen LogP contribution < -0.4 is 10.6 Å². The fourth-order valence-electron chi connectivity index (χ4n) is 3.27. The van der Waals surface area contributed by atoms with Gasteiger partial charge in [-0.2, -0.15) is 0 Å². The van der Waals surface area contributed by atoms with Gasteiger partial charge in [-0.15, -0.1) is 0 Å². The number of carbonyl (C=O) groups is 3. The first kappa shape index (κ1) is 22.4. The van der Waals surface area contributed by atoms with Crippen LogP contribution in [-0.2, 0) is 19.1 Å². The summed E-state index contributed by atoms with van der Waals surface area (Å²) in [5.41, 5.74) is 2.69. The van der Waals surface area contributed by atoms with Crippen LogP contribution in [-0.4, -0.2) is 30.4 Å². The van der Waals surface area contributed by atoms with Gasteiger partial charge in [0.25, 0.3) is 5.91 Å². The molecule has 0 atom stereocenters. The largest absolute Gasteiger partial charge is 0.456 e. The molecule has 1 saturated carbocycles. The number of hydrogen-bond acceptors (Lipinski definition) is 4. The lowest BCUT2D eigenvalue weighted by atomic mass is 9.95. The second-order valence-corrected chi connectivity index (χ2v) is 8.16. The van der Waals surface area contributed by atoms with Crippen LogP contribution in [0.25, 0.3) is 0 Å². The summed E-state index contributed by atoms with van der Waals surface area (Å²) in [5.74, 6) is -0.865. The predicted octanol–water partition coefficient (Wildman–Crippen LogP) is 4.17. The van der Waals surface area contributed by atoms with Crippen molar-refractivity contribution in [1.29, 1.82) is 0 Å². The Morgan fingerprint density at radius 3 is 2.46 bits per heavy atom. The number of benzene rings is 1. The highest BCUT2D eigenvalue weighted by Crippen LogP contribution is 2.25. The maximum absolute atomic E-state index is 12.0. The molecule has 0 saturated heterocycles. The molecule has 1 aliphatic rings. The Kier molecular flexibility index (Phi) is 8.96. The van der Waals surface area contributed by atoms with E-state index in [0.717, 1.165) is 28.4 Å². The number of hydrogen-bond donors (Lipinski definition) is 2. The molecule has 2 rings (SSSR count). The van der Waals surface area contributed by atoms with Gasteiger partial charge in [-0.3, -0.25) is 14.4 Å². The molecule has 2 N–H and O–H groups in total. The molecule has 0 radical (unpaired) electrons. The number of halogens is 1. The second-order valence-electron chi connectivity index (χ2n) is 7.31. The van der Waals surface area contributed by atoms with Crippen LogP contribution in [0.4, 0.5) is 5.69 Å². The molecule has 1 aromatic rings. The van der Waals surface area contributed by atoms with Crippen LogP contribution in [0.2, 0.25) is 0 Å². The van der Waals surface area contributed by atoms with E-state index in [1.165, 1.54) is 19.3 Å². The van der Waals surface area contributed by atoms with E-state index in [2.05, 4.69) is 26.6 Å². The summed E-state index contributed by atoms with van der Waals surface area (Å²) < 4.78 is 5.98. The molecule has 6 nitrogen and oxygen atoms in total. The van der Waals surface area contributed by atoms with Gasteiger partial charge in [0, 0.05) is 29.0 Å². The van der Waals surface area contributed by atoms with E-state index < -0.39 is 5.97 Å². The number of esters is 1. The first-order valence-corrected chi connectivity index (χ1v) is 10.7. The number of nitrogens with one attached hydrogen (secondary N) is 2. The molecule has 0 spiro atoms. The molecule has 1 fully saturated rings. The molecule has 0 unspecified atom stereocenters. The van der Waals surface area contributed by atoms with Gasteiger partial charge in [0.15, 0.2) is 6.61 Å². The fraction of sp³-hybridized carbons (Fsp3) is 0.571. The van der Waals surface area contributed by atoms with E-state index in [1.807, 2.05) is 19.9 Å². The number of anilines is 1. The van der Waals surface area contributed by atoms with Crippen molar-refractivity contribution < 1.29 is 19.1 Å². The lowest BCUT2D eigenvalue weighted by molar-refractivity contribution is -0.147. The average molecular weight is 453 g/mol. The van der Waals surface area contributed by atoms with Crippen LogP contribution in [0.1, 0.15) is 62.5 Å². The Bertz CT molecular complexity index is 715. The van der Waals surface area contributed by atoms with Crippen molar-refractivity contribution in [3.63, 3.8) is 0 Å². The second kappa shape index (κ2) is 11.2. The lowest BCUT2D eigenvalue weighted by Crippen LogP contribution is -2.36. The molecule has 0 aliphatic heterocycles. The standard InChI is InChI=1S/C21H29BrN2O4/c1-14-15(2)18(12-11-17(14)22)24-20(26)13-28-21(27)10-6-9-19(25)23-16-7-4-3-5-8-16/h11-12,16H,3-10,13H2,1-2H3,(H,23,25)(H,24,26). The Balaban J connectivity index is 1.63. The van der Waals surface area contributed by atoms with Crippen LogP contribution >= 0.6 is 15.9 Å². The predicted molar refractivity (Wildman–Crippen MR) is 112 cm³/mol. The smallest absolute Gasteiger partial charge is 0.306 e. The zero-order chi connectivity index (χ0) is 20.5. The minimum Gasteiger partial charge on any atom is -0.456 e. The summed E-state index contributed by atoms with van der Waals surface area (Å²) in [6.45, 7) is 3.54. The summed E-state index contributed by atoms with van der Waals surface area (Å²) in [6, 6.07) is 3.95. The van der Waals surface area contributed by atoms with Crippen molar-refractivity contribution in [3.05, 3.63) is 27.7 Å². The zero-order valence-electron chi connectivity index (χ0n) is 16.6. The summed E-state index contributed by atoms with van der Waals surface area (Å²) in [7, 11) is 0.